The number of hydrogen-bond acceptors (Lipinski definition) is 4. The van der Waals surface area contributed by atoms with E-state index in [0.29, 0.717) is 22.7 Å². The highest BCUT2D eigenvalue weighted by atomic mass is 35.5. The van der Waals surface area contributed by atoms with E-state index in [-0.39, 0.29) is 10.0 Å². The van der Waals surface area contributed by atoms with Gasteiger partial charge < -0.3 is 22.1 Å². The van der Waals surface area contributed by atoms with Gasteiger partial charge in [-0.2, -0.15) is 0 Å². The summed E-state index contributed by atoms with van der Waals surface area (Å²) >= 11 is 11.7. The van der Waals surface area contributed by atoms with E-state index >= 15 is 0 Å². The summed E-state index contributed by atoms with van der Waals surface area (Å²) in [5, 5.41) is 5.38. The van der Waals surface area contributed by atoms with Crippen LogP contribution in [0, 0.1) is 0 Å². The predicted molar refractivity (Wildman–Crippen MR) is 89.0 cm³/mol. The fourth-order valence-corrected chi connectivity index (χ4v) is 1.95. The van der Waals surface area contributed by atoms with Crippen LogP contribution in [0.25, 0.3) is 0 Å². The lowest BCUT2D eigenvalue weighted by Crippen LogP contribution is -2.29. The van der Waals surface area contributed by atoms with Crippen LogP contribution in [0.4, 0.5) is 22.7 Å². The molecule has 0 bridgehead atoms. The number of nitrogens with two attached hydrogens (primary N) is 2. The summed E-state index contributed by atoms with van der Waals surface area (Å²) in [6, 6.07) is 9.01. The number of benzene rings is 2. The zero-order valence-corrected chi connectivity index (χ0v) is 12.7. The second-order valence-corrected chi connectivity index (χ2v) is 5.20. The minimum atomic E-state index is -0.853. The standard InChI is InChI=1S/C14H12Cl2N4O2/c15-9-5-7(1-3-11(9)17)19-13(21)14(22)20-8-2-4-12(18)10(16)6-8/h1-6H,17-18H2,(H,19,21)(H,20,22). The van der Waals surface area contributed by atoms with Crippen LogP contribution < -0.4 is 22.1 Å². The zero-order valence-electron chi connectivity index (χ0n) is 11.2. The number of hydrogen-bond donors (Lipinski definition) is 4. The lowest BCUT2D eigenvalue weighted by molar-refractivity contribution is -0.132. The Kier molecular flexibility index (Phi) is 4.75. The van der Waals surface area contributed by atoms with Gasteiger partial charge in [0, 0.05) is 11.4 Å². The largest absolute Gasteiger partial charge is 0.398 e. The predicted octanol–water partition coefficient (Wildman–Crippen LogP) is 2.74. The van der Waals surface area contributed by atoms with Gasteiger partial charge in [0.05, 0.1) is 21.4 Å². The number of anilines is 4. The quantitative estimate of drug-likeness (QED) is 0.498. The maximum atomic E-state index is 11.8. The van der Waals surface area contributed by atoms with Crippen molar-refractivity contribution in [1.82, 2.24) is 0 Å². The number of rotatable bonds is 2. The lowest BCUT2D eigenvalue weighted by atomic mass is 10.2. The van der Waals surface area contributed by atoms with Gasteiger partial charge in [-0.05, 0) is 36.4 Å². The first kappa shape index (κ1) is 15.9. The Labute approximate surface area is 136 Å². The number of amides is 2. The normalized spacial score (nSPS) is 10.1. The van der Waals surface area contributed by atoms with Crippen LogP contribution in [0.1, 0.15) is 0 Å². The Morgan fingerprint density at radius 2 is 1.14 bits per heavy atom. The van der Waals surface area contributed by atoms with Crippen molar-refractivity contribution in [3.8, 4) is 0 Å². The third kappa shape index (κ3) is 3.81. The minimum absolute atomic E-state index is 0.281. The van der Waals surface area contributed by atoms with Gasteiger partial charge in [-0.3, -0.25) is 9.59 Å². The highest BCUT2D eigenvalue weighted by molar-refractivity contribution is 6.44. The van der Waals surface area contributed by atoms with Crippen LogP contribution in [0.2, 0.25) is 10.0 Å². The number of nitrogen functional groups attached to an aromatic ring is 2. The second kappa shape index (κ2) is 6.55. The lowest BCUT2D eigenvalue weighted by Gasteiger charge is -2.08. The Balaban J connectivity index is 2.04. The van der Waals surface area contributed by atoms with E-state index in [1.54, 1.807) is 0 Å². The van der Waals surface area contributed by atoms with Crippen LogP contribution in [-0.2, 0) is 9.59 Å². The van der Waals surface area contributed by atoms with Crippen LogP contribution in [-0.4, -0.2) is 11.8 Å². The summed E-state index contributed by atoms with van der Waals surface area (Å²) in [4.78, 5) is 23.6. The second-order valence-electron chi connectivity index (χ2n) is 4.38. The van der Waals surface area contributed by atoms with E-state index < -0.39 is 11.8 Å². The topological polar surface area (TPSA) is 110 Å². The van der Waals surface area contributed by atoms with Crippen molar-refractivity contribution in [2.75, 3.05) is 22.1 Å². The van der Waals surface area contributed by atoms with Crippen molar-refractivity contribution >= 4 is 57.8 Å². The van der Waals surface area contributed by atoms with Crippen LogP contribution >= 0.6 is 23.2 Å². The van der Waals surface area contributed by atoms with E-state index in [9.17, 15) is 9.59 Å². The molecule has 22 heavy (non-hydrogen) atoms. The van der Waals surface area contributed by atoms with Gasteiger partial charge in [0.15, 0.2) is 0 Å². The number of carbonyl (C=O) groups excluding carboxylic acids is 2. The van der Waals surface area contributed by atoms with Gasteiger partial charge in [-0.1, -0.05) is 23.2 Å². The summed E-state index contributed by atoms with van der Waals surface area (Å²) in [6.45, 7) is 0. The Morgan fingerprint density at radius 1 is 0.773 bits per heavy atom. The van der Waals surface area contributed by atoms with Crippen LogP contribution in [0.3, 0.4) is 0 Å². The summed E-state index contributed by atoms with van der Waals surface area (Å²) in [5.41, 5.74) is 12.6. The smallest absolute Gasteiger partial charge is 0.314 e. The van der Waals surface area contributed by atoms with E-state index in [4.69, 9.17) is 34.7 Å². The first-order valence-electron chi connectivity index (χ1n) is 6.09. The Bertz CT molecular complexity index is 686. The highest BCUT2D eigenvalue weighted by Gasteiger charge is 2.15. The molecule has 114 valence electrons. The van der Waals surface area contributed by atoms with E-state index in [0.717, 1.165) is 0 Å². The maximum absolute atomic E-state index is 11.8. The fourth-order valence-electron chi connectivity index (χ4n) is 1.59. The van der Waals surface area contributed by atoms with Crippen molar-refractivity contribution in [2.45, 2.75) is 0 Å². The van der Waals surface area contributed by atoms with Crippen molar-refractivity contribution < 1.29 is 9.59 Å². The molecule has 6 nitrogen and oxygen atoms in total. The third-order valence-corrected chi connectivity index (χ3v) is 3.38. The summed E-state index contributed by atoms with van der Waals surface area (Å²) in [5.74, 6) is -1.71. The molecule has 8 heteroatoms. The average Bonchev–Trinajstić information content (AvgIpc) is 2.46. The number of carbonyl (C=O) groups is 2. The zero-order chi connectivity index (χ0) is 16.3. The van der Waals surface area contributed by atoms with Crippen molar-refractivity contribution in [1.29, 1.82) is 0 Å². The third-order valence-electron chi connectivity index (χ3n) is 2.72. The van der Waals surface area contributed by atoms with Gasteiger partial charge in [0.25, 0.3) is 0 Å². The molecule has 2 rings (SSSR count). The summed E-state index contributed by atoms with van der Waals surface area (Å²) in [7, 11) is 0. The van der Waals surface area contributed by atoms with E-state index in [1.807, 2.05) is 0 Å². The molecule has 6 N–H and O–H groups in total. The summed E-state index contributed by atoms with van der Waals surface area (Å²) < 4.78 is 0. The highest BCUT2D eigenvalue weighted by Crippen LogP contribution is 2.23. The maximum Gasteiger partial charge on any atom is 0.314 e. The molecule has 0 fully saturated rings. The molecular formula is C14H12Cl2N4O2. The molecule has 0 aliphatic rings. The van der Waals surface area contributed by atoms with Gasteiger partial charge in [0.1, 0.15) is 0 Å². The number of nitrogens with one attached hydrogen (secondary N) is 2. The van der Waals surface area contributed by atoms with Gasteiger partial charge in [0.2, 0.25) is 0 Å². The molecule has 0 spiro atoms. The molecule has 0 saturated carbocycles. The molecule has 0 aliphatic heterocycles. The molecule has 0 saturated heterocycles. The van der Waals surface area contributed by atoms with Crippen molar-refractivity contribution in [3.05, 3.63) is 46.4 Å². The van der Waals surface area contributed by atoms with Crippen LogP contribution in [0.5, 0.6) is 0 Å². The molecule has 0 aromatic heterocycles. The molecule has 0 unspecified atom stereocenters. The molecule has 0 radical (unpaired) electrons. The molecule has 0 aliphatic carbocycles. The molecule has 2 aromatic carbocycles. The molecule has 0 atom stereocenters. The molecule has 0 heterocycles. The van der Waals surface area contributed by atoms with Gasteiger partial charge >= 0.3 is 11.8 Å². The SMILES string of the molecule is Nc1ccc(NC(=O)C(=O)Nc2ccc(N)c(Cl)c2)cc1Cl. The number of halogens is 2. The minimum Gasteiger partial charge on any atom is -0.398 e. The Hall–Kier alpha value is -2.44. The average molecular weight is 339 g/mol. The molecule has 2 amide bonds. The first-order valence-corrected chi connectivity index (χ1v) is 6.85. The molecule has 2 aromatic rings. The van der Waals surface area contributed by atoms with Crippen LogP contribution in [0.15, 0.2) is 36.4 Å². The fraction of sp³-hybridized carbons (Fsp3) is 0. The van der Waals surface area contributed by atoms with Gasteiger partial charge in [-0.25, -0.2) is 0 Å². The van der Waals surface area contributed by atoms with Crippen molar-refractivity contribution in [3.63, 3.8) is 0 Å². The monoisotopic (exact) mass is 338 g/mol. The first-order chi connectivity index (χ1) is 10.4. The van der Waals surface area contributed by atoms with E-state index in [1.165, 1.54) is 36.4 Å². The van der Waals surface area contributed by atoms with E-state index in [2.05, 4.69) is 10.6 Å². The summed E-state index contributed by atoms with van der Waals surface area (Å²) in [6.07, 6.45) is 0. The molecular weight excluding hydrogens is 327 g/mol. The van der Waals surface area contributed by atoms with Gasteiger partial charge in [-0.15, -0.1) is 0 Å². The Morgan fingerprint density at radius 3 is 1.45 bits per heavy atom. The van der Waals surface area contributed by atoms with Crippen molar-refractivity contribution in [2.24, 2.45) is 0 Å².